The topological polar surface area (TPSA) is 179 Å². The Labute approximate surface area is 817 Å². The van der Waals surface area contributed by atoms with Crippen molar-refractivity contribution in [2.45, 2.75) is 340 Å². The predicted molar refractivity (Wildman–Crippen MR) is 551 cm³/mol. The van der Waals surface area contributed by atoms with E-state index in [1.165, 1.54) is 168 Å². The van der Waals surface area contributed by atoms with Gasteiger partial charge in [-0.2, -0.15) is 8.78 Å². The second-order valence-corrected chi connectivity index (χ2v) is 43.9. The Morgan fingerprint density at radius 2 is 0.971 bits per heavy atom. The molecule has 17 rings (SSSR count). The van der Waals surface area contributed by atoms with Crippen LogP contribution in [0.15, 0.2) is 257 Å². The number of phenols is 1. The van der Waals surface area contributed by atoms with Crippen LogP contribution in [0.1, 0.15) is 320 Å². The molecule has 0 amide bonds. The Hall–Kier alpha value is -8.91. The van der Waals surface area contributed by atoms with Crippen molar-refractivity contribution in [1.29, 1.82) is 0 Å². The average Bonchev–Trinajstić information content (AvgIpc) is 0.909. The number of carbonyl (C=O) groups excluding carboxylic acids is 1. The highest BCUT2D eigenvalue weighted by molar-refractivity contribution is 7.97. The molecule has 7 aliphatic carbocycles. The Bertz CT molecular complexity index is 5220. The minimum absolute atomic E-state index is 0.0490. The van der Waals surface area contributed by atoms with Gasteiger partial charge in [0.15, 0.2) is 37.2 Å². The van der Waals surface area contributed by atoms with Gasteiger partial charge in [0, 0.05) is 37.9 Å². The highest BCUT2D eigenvalue weighted by Gasteiger charge is 2.56. The maximum absolute atomic E-state index is 13.0. The first-order chi connectivity index (χ1) is 65.0. The number of hydrogen-bond acceptors (Lipinski definition) is 13. The molecule has 11 atom stereocenters. The van der Waals surface area contributed by atoms with Crippen LogP contribution in [0, 0.1) is 46.3 Å². The summed E-state index contributed by atoms with van der Waals surface area (Å²) in [7, 11) is -4.12. The SMILES string of the molecule is CC1Cc2ccccc2C1C.CCC(C)(C)C(=O)OC(C)C(F)(F)S(=O)(=O)[O-].CCC(C)c1ccc(O)cc1.CCC(C)c1ccc(OC(CC2CCCCC2)OC(C)C)cc1.CCC(C)c1ccc(OC(OC)C23CC4CC(CC(C4)C2)C3)cc1.CCC(C)c1ccc(OC(OC2Cc3cccc4cccc2c34)C(C)C)cc1.OCCc1ccc([S+](c2ccccc2)c2ccccc2)cc1. The molecular formula is C119H158F2O13S2. The van der Waals surface area contributed by atoms with Crippen molar-refractivity contribution in [2.24, 2.45) is 46.3 Å². The van der Waals surface area contributed by atoms with Crippen LogP contribution in [0.4, 0.5) is 8.78 Å². The highest BCUT2D eigenvalue weighted by Crippen LogP contribution is 2.62. The summed E-state index contributed by atoms with van der Waals surface area (Å²) in [6, 6.07) is 84.9. The van der Waals surface area contributed by atoms with Crippen LogP contribution in [-0.2, 0) is 64.0 Å². The van der Waals surface area contributed by atoms with E-state index in [4.69, 9.17) is 38.6 Å². The van der Waals surface area contributed by atoms with Crippen LogP contribution < -0.4 is 14.2 Å². The lowest BCUT2D eigenvalue weighted by Gasteiger charge is -2.58. The van der Waals surface area contributed by atoms with Crippen LogP contribution in [-0.4, -0.2) is 79.2 Å². The molecule has 738 valence electrons. The van der Waals surface area contributed by atoms with Gasteiger partial charge in [-0.1, -0.05) is 280 Å². The van der Waals surface area contributed by atoms with E-state index in [-0.39, 0.29) is 59.9 Å². The highest BCUT2D eigenvalue weighted by atomic mass is 32.2. The number of aliphatic hydroxyl groups is 1. The number of aromatic hydroxyl groups is 1. The van der Waals surface area contributed by atoms with Crippen LogP contribution in [0.5, 0.6) is 23.0 Å². The van der Waals surface area contributed by atoms with Crippen molar-refractivity contribution in [3.63, 3.8) is 0 Å². The summed E-state index contributed by atoms with van der Waals surface area (Å²) in [5, 5.41) is 16.1. The van der Waals surface area contributed by atoms with E-state index in [0.717, 1.165) is 78.4 Å². The first-order valence-corrected chi connectivity index (χ1v) is 53.3. The molecule has 10 aromatic rings. The number of aliphatic hydroxyl groups excluding tert-OH is 1. The van der Waals surface area contributed by atoms with E-state index in [9.17, 15) is 26.5 Å². The van der Waals surface area contributed by atoms with Gasteiger partial charge in [0.1, 0.15) is 23.0 Å². The van der Waals surface area contributed by atoms with E-state index >= 15 is 0 Å². The number of alkyl halides is 2. The zero-order valence-corrected chi connectivity index (χ0v) is 86.3. The summed E-state index contributed by atoms with van der Waals surface area (Å²) in [5.41, 5.74) is 11.6. The molecule has 10 aromatic carbocycles. The summed E-state index contributed by atoms with van der Waals surface area (Å²) in [6.07, 6.45) is 21.4. The first kappa shape index (κ1) is 109. The summed E-state index contributed by atoms with van der Waals surface area (Å²) < 4.78 is 98.5. The van der Waals surface area contributed by atoms with Crippen molar-refractivity contribution in [2.75, 3.05) is 13.7 Å². The number of halogens is 2. The zero-order valence-electron chi connectivity index (χ0n) is 84.7. The summed E-state index contributed by atoms with van der Waals surface area (Å²) in [5.74, 6) is 9.91. The second kappa shape index (κ2) is 52.4. The van der Waals surface area contributed by atoms with E-state index in [0.29, 0.717) is 49.2 Å². The quantitative estimate of drug-likeness (QED) is 0.0172. The summed E-state index contributed by atoms with van der Waals surface area (Å²) in [4.78, 5) is 15.4. The molecule has 11 unspecified atom stereocenters. The zero-order chi connectivity index (χ0) is 98.4. The number of phenolic OH excluding ortho intramolecular Hbond substituents is 1. The summed E-state index contributed by atoms with van der Waals surface area (Å²) in [6.45, 7) is 36.4. The molecule has 17 heteroatoms. The molecule has 13 nitrogen and oxygen atoms in total. The van der Waals surface area contributed by atoms with Gasteiger partial charge in [-0.05, 0) is 323 Å². The molecular weight excluding hydrogens is 1740 g/mol. The molecule has 0 aliphatic heterocycles. The normalized spacial score (nSPS) is 20.3. The van der Waals surface area contributed by atoms with Gasteiger partial charge in [-0.25, -0.2) is 8.42 Å². The Morgan fingerprint density at radius 3 is 1.42 bits per heavy atom. The molecule has 0 saturated heterocycles. The van der Waals surface area contributed by atoms with Crippen molar-refractivity contribution in [3.8, 4) is 23.0 Å². The van der Waals surface area contributed by atoms with Gasteiger partial charge >= 0.3 is 11.2 Å². The minimum Gasteiger partial charge on any atom is -0.743 e. The van der Waals surface area contributed by atoms with Crippen molar-refractivity contribution < 1.29 is 69.9 Å². The van der Waals surface area contributed by atoms with E-state index in [2.05, 4.69) is 320 Å². The second-order valence-electron chi connectivity index (χ2n) is 40.4. The van der Waals surface area contributed by atoms with E-state index in [1.54, 1.807) is 30.2 Å². The number of esters is 1. The van der Waals surface area contributed by atoms with Gasteiger partial charge in [0.25, 0.3) is 0 Å². The molecule has 5 saturated carbocycles. The largest absolute Gasteiger partial charge is 0.743 e. The van der Waals surface area contributed by atoms with Crippen molar-refractivity contribution in [3.05, 3.63) is 293 Å². The number of rotatable bonds is 33. The number of benzene rings is 10. The van der Waals surface area contributed by atoms with Gasteiger partial charge in [0.2, 0.25) is 12.6 Å². The maximum Gasteiger partial charge on any atom is 0.369 e. The van der Waals surface area contributed by atoms with Gasteiger partial charge < -0.3 is 47.9 Å². The third kappa shape index (κ3) is 30.8. The fourth-order valence-corrected chi connectivity index (χ4v) is 22.3. The number of ether oxygens (including phenoxy) is 7. The lowest BCUT2D eigenvalue weighted by molar-refractivity contribution is -0.204. The number of methoxy groups -OCH3 is 1. The number of fused-ring (bicyclic) bond motifs is 1. The third-order valence-electron chi connectivity index (χ3n) is 29.1. The molecule has 7 aliphatic rings. The van der Waals surface area contributed by atoms with Gasteiger partial charge in [-0.3, -0.25) is 4.79 Å². The predicted octanol–water partition coefficient (Wildman–Crippen LogP) is 30.8. The molecule has 0 heterocycles. The van der Waals surface area contributed by atoms with Crippen LogP contribution in [0.3, 0.4) is 0 Å². The molecule has 136 heavy (non-hydrogen) atoms. The average molecular weight is 1900 g/mol. The maximum atomic E-state index is 13.0. The fourth-order valence-electron chi connectivity index (χ4n) is 19.8. The Kier molecular flexibility index (Phi) is 42.0. The molecule has 0 spiro atoms. The van der Waals surface area contributed by atoms with Crippen LogP contribution in [0.25, 0.3) is 10.8 Å². The molecule has 4 bridgehead atoms. The Balaban J connectivity index is 0.000000167. The fraction of sp³-hybridized carbons (Fsp3) is 0.504. The third-order valence-corrected chi connectivity index (χ3v) is 32.3. The molecule has 0 radical (unpaired) electrons. The van der Waals surface area contributed by atoms with Gasteiger partial charge in [0.05, 0.1) is 28.5 Å². The molecule has 5 fully saturated rings. The van der Waals surface area contributed by atoms with Crippen molar-refractivity contribution in [1.82, 2.24) is 0 Å². The van der Waals surface area contributed by atoms with Crippen LogP contribution >= 0.6 is 0 Å². The van der Waals surface area contributed by atoms with E-state index in [1.807, 2.05) is 19.2 Å². The lowest BCUT2D eigenvalue weighted by Crippen LogP contribution is -2.53. The van der Waals surface area contributed by atoms with Crippen LogP contribution in [0.2, 0.25) is 0 Å². The first-order valence-electron chi connectivity index (χ1n) is 50.6. The number of carbonyl (C=O) groups is 1. The lowest BCUT2D eigenvalue weighted by atomic mass is 9.49. The summed E-state index contributed by atoms with van der Waals surface area (Å²) >= 11 is 0. The van der Waals surface area contributed by atoms with Crippen molar-refractivity contribution >= 4 is 37.8 Å². The standard InChI is InChI=1S/C26H30O2.C22H32O2.C21H34O2.C20H19OS.C11H14.C10H14O.C9H16F2O5S/c1-5-18(4)19-12-14-22(15-13-19)27-26(17(2)3)28-24-16-21-10-6-8-20-9-7-11-23(24)25(20)21;1-4-15(2)19-5-7-20(8-6-19)24-21(23-3)22-12-16-9-17(13-22)11-18(10-16)14-22;1-5-17(4)19-11-13-20(14-12-19)23-21(22-16(2)3)15-18-9-7-6-8-10-18;21-16-15-17-11-13-20(14-12-17)22(18-7-3-1-4-8-18)19-9-5-2-6-10-19;1-8-7-10-5-3-4-6-11(10)9(8)2;1-3-8(2)9-4-6-10(11)7-5-9;1-5-8(3,4)7(12)16-6(2)9(10,11)17(13,14)15/h6-15,17-18,24,26H,5,16H2,1-4H3;5-8,15-18,21H,4,9-14H2,1-3H3;11-14,16-18,21H,5-10,15H2,1-4H3;1-14,21H,15-16H2;3-6,8-9H,7H2,1-2H3;4-8,11H,3H2,1-2H3;6H,5H2,1-4H3,(H,13,14,15)/q;;;+1;;;/p-1. The minimum atomic E-state index is -5.86. The number of hydrogen-bond donors (Lipinski definition) is 2. The van der Waals surface area contributed by atoms with Gasteiger partial charge in [-0.15, -0.1) is 0 Å². The van der Waals surface area contributed by atoms with E-state index < -0.39 is 32.9 Å². The monoisotopic (exact) mass is 1900 g/mol. The molecule has 0 aromatic heterocycles. The Morgan fingerprint density at radius 1 is 0.529 bits per heavy atom. The smallest absolute Gasteiger partial charge is 0.369 e. The molecule has 2 N–H and O–H groups in total.